The topological polar surface area (TPSA) is 58.4 Å². The summed E-state index contributed by atoms with van der Waals surface area (Å²) in [7, 11) is 0. The Balaban J connectivity index is 2.40. The number of piperidine rings is 1. The van der Waals surface area contributed by atoms with Crippen LogP contribution in [-0.4, -0.2) is 42.5 Å². The fourth-order valence-corrected chi connectivity index (χ4v) is 2.69. The van der Waals surface area contributed by atoms with E-state index in [-0.39, 0.29) is 18.0 Å². The highest BCUT2D eigenvalue weighted by molar-refractivity contribution is 5.80. The van der Waals surface area contributed by atoms with Gasteiger partial charge in [0.2, 0.25) is 5.91 Å². The van der Waals surface area contributed by atoms with Crippen LogP contribution in [0, 0.1) is 11.8 Å². The molecule has 106 valence electrons. The molecule has 1 aliphatic heterocycles. The summed E-state index contributed by atoms with van der Waals surface area (Å²) >= 11 is 0. The molecule has 18 heavy (non-hydrogen) atoms. The van der Waals surface area contributed by atoms with Crippen molar-refractivity contribution in [1.29, 1.82) is 0 Å². The number of nitrogens with zero attached hydrogens (tertiary/aromatic N) is 1. The molecule has 3 N–H and O–H groups in total. The minimum Gasteiger partial charge on any atom is -0.368 e. The molecule has 0 spiro atoms. The minimum absolute atomic E-state index is 0.222. The first kappa shape index (κ1) is 15.4. The highest BCUT2D eigenvalue weighted by Crippen LogP contribution is 2.24. The SMILES string of the molecule is CC(C)NC(CN1CCC(C(C)C)CC1)C(N)=O. The van der Waals surface area contributed by atoms with Gasteiger partial charge in [0.25, 0.3) is 0 Å². The van der Waals surface area contributed by atoms with Crippen molar-refractivity contribution in [3.8, 4) is 0 Å². The largest absolute Gasteiger partial charge is 0.368 e. The summed E-state index contributed by atoms with van der Waals surface area (Å²) in [5.41, 5.74) is 5.45. The van der Waals surface area contributed by atoms with Gasteiger partial charge in [0, 0.05) is 12.6 Å². The van der Waals surface area contributed by atoms with Crippen LogP contribution in [0.4, 0.5) is 0 Å². The third kappa shape index (κ3) is 4.94. The van der Waals surface area contributed by atoms with E-state index >= 15 is 0 Å². The Kier molecular flexibility index (Phi) is 6.09. The predicted octanol–water partition coefficient (Wildman–Crippen LogP) is 1.21. The van der Waals surface area contributed by atoms with Crippen LogP contribution >= 0.6 is 0 Å². The molecule has 0 bridgehead atoms. The molecule has 1 aliphatic rings. The van der Waals surface area contributed by atoms with Gasteiger partial charge in [-0.15, -0.1) is 0 Å². The molecule has 4 heteroatoms. The van der Waals surface area contributed by atoms with E-state index in [0.717, 1.165) is 31.5 Å². The van der Waals surface area contributed by atoms with Gasteiger partial charge in [0.05, 0.1) is 6.04 Å². The van der Waals surface area contributed by atoms with E-state index in [4.69, 9.17) is 5.73 Å². The number of rotatable bonds is 6. The smallest absolute Gasteiger partial charge is 0.235 e. The monoisotopic (exact) mass is 255 g/mol. The summed E-state index contributed by atoms with van der Waals surface area (Å²) in [6.45, 7) is 11.6. The second-order valence-corrected chi connectivity index (χ2v) is 6.16. The average Bonchev–Trinajstić information content (AvgIpc) is 2.28. The van der Waals surface area contributed by atoms with E-state index in [0.29, 0.717) is 0 Å². The van der Waals surface area contributed by atoms with E-state index in [9.17, 15) is 4.79 Å². The first-order valence-electron chi connectivity index (χ1n) is 7.17. The second kappa shape index (κ2) is 7.10. The lowest BCUT2D eigenvalue weighted by Gasteiger charge is -2.35. The number of hydrogen-bond acceptors (Lipinski definition) is 3. The van der Waals surface area contributed by atoms with Crippen molar-refractivity contribution in [2.75, 3.05) is 19.6 Å². The van der Waals surface area contributed by atoms with Gasteiger partial charge >= 0.3 is 0 Å². The summed E-state index contributed by atoms with van der Waals surface area (Å²) in [5.74, 6) is 1.37. The number of primary amides is 1. The number of likely N-dealkylation sites (tertiary alicyclic amines) is 1. The van der Waals surface area contributed by atoms with E-state index < -0.39 is 0 Å². The number of carbonyl (C=O) groups is 1. The van der Waals surface area contributed by atoms with Crippen LogP contribution in [0.25, 0.3) is 0 Å². The van der Waals surface area contributed by atoms with Gasteiger partial charge in [0.15, 0.2) is 0 Å². The van der Waals surface area contributed by atoms with Gasteiger partial charge in [-0.2, -0.15) is 0 Å². The van der Waals surface area contributed by atoms with Gasteiger partial charge in [0.1, 0.15) is 0 Å². The zero-order chi connectivity index (χ0) is 13.7. The molecule has 4 nitrogen and oxygen atoms in total. The summed E-state index contributed by atoms with van der Waals surface area (Å²) < 4.78 is 0. The molecule has 0 radical (unpaired) electrons. The fourth-order valence-electron chi connectivity index (χ4n) is 2.69. The standard InChI is InChI=1S/C14H29N3O/c1-10(2)12-5-7-17(8-6-12)9-13(14(15)18)16-11(3)4/h10-13,16H,5-9H2,1-4H3,(H2,15,18). The van der Waals surface area contributed by atoms with Crippen LogP contribution in [0.2, 0.25) is 0 Å². The highest BCUT2D eigenvalue weighted by Gasteiger charge is 2.25. The molecule has 0 aromatic rings. The molecule has 1 unspecified atom stereocenters. The molecule has 1 saturated heterocycles. The van der Waals surface area contributed by atoms with Gasteiger partial charge in [-0.3, -0.25) is 4.79 Å². The number of nitrogens with one attached hydrogen (secondary N) is 1. The number of amides is 1. The van der Waals surface area contributed by atoms with E-state index in [1.54, 1.807) is 0 Å². The predicted molar refractivity (Wildman–Crippen MR) is 75.3 cm³/mol. The van der Waals surface area contributed by atoms with Gasteiger partial charge in [-0.1, -0.05) is 27.7 Å². The molecule has 1 fully saturated rings. The lowest BCUT2D eigenvalue weighted by molar-refractivity contribution is -0.120. The zero-order valence-corrected chi connectivity index (χ0v) is 12.3. The first-order chi connectivity index (χ1) is 8.40. The quantitative estimate of drug-likeness (QED) is 0.750. The summed E-state index contributed by atoms with van der Waals surface area (Å²) in [6.07, 6.45) is 2.48. The molecular weight excluding hydrogens is 226 g/mol. The molecule has 0 aromatic heterocycles. The maximum absolute atomic E-state index is 11.4. The molecule has 0 aliphatic carbocycles. The van der Waals surface area contributed by atoms with E-state index in [1.165, 1.54) is 12.8 Å². The summed E-state index contributed by atoms with van der Waals surface area (Å²) in [4.78, 5) is 13.8. The Morgan fingerprint density at radius 2 is 1.83 bits per heavy atom. The van der Waals surface area contributed by atoms with E-state index in [2.05, 4.69) is 24.1 Å². The Labute approximate surface area is 111 Å². The number of hydrogen-bond donors (Lipinski definition) is 2. The van der Waals surface area contributed by atoms with Crippen LogP contribution < -0.4 is 11.1 Å². The van der Waals surface area contributed by atoms with Crippen LogP contribution in [0.1, 0.15) is 40.5 Å². The highest BCUT2D eigenvalue weighted by atomic mass is 16.1. The Morgan fingerprint density at radius 3 is 2.22 bits per heavy atom. The van der Waals surface area contributed by atoms with Crippen molar-refractivity contribution in [3.05, 3.63) is 0 Å². The Bertz CT molecular complexity index is 258. The third-order valence-electron chi connectivity index (χ3n) is 3.89. The van der Waals surface area contributed by atoms with Crippen molar-refractivity contribution in [3.63, 3.8) is 0 Å². The second-order valence-electron chi connectivity index (χ2n) is 6.16. The number of carbonyl (C=O) groups excluding carboxylic acids is 1. The van der Waals surface area contributed by atoms with Crippen LogP contribution in [0.15, 0.2) is 0 Å². The van der Waals surface area contributed by atoms with Crippen molar-refractivity contribution in [2.45, 2.75) is 52.6 Å². The van der Waals surface area contributed by atoms with Crippen molar-refractivity contribution >= 4 is 5.91 Å². The first-order valence-corrected chi connectivity index (χ1v) is 7.17. The van der Waals surface area contributed by atoms with Crippen molar-refractivity contribution in [2.24, 2.45) is 17.6 Å². The molecule has 0 aromatic carbocycles. The third-order valence-corrected chi connectivity index (χ3v) is 3.89. The molecular formula is C14H29N3O. The lowest BCUT2D eigenvalue weighted by Crippen LogP contribution is -2.52. The van der Waals surface area contributed by atoms with Gasteiger partial charge < -0.3 is 16.0 Å². The Morgan fingerprint density at radius 1 is 1.28 bits per heavy atom. The van der Waals surface area contributed by atoms with Crippen LogP contribution in [0.5, 0.6) is 0 Å². The van der Waals surface area contributed by atoms with E-state index in [1.807, 2.05) is 13.8 Å². The van der Waals surface area contributed by atoms with Gasteiger partial charge in [-0.25, -0.2) is 0 Å². The minimum atomic E-state index is -0.241. The van der Waals surface area contributed by atoms with Gasteiger partial charge in [-0.05, 0) is 37.8 Å². The lowest BCUT2D eigenvalue weighted by atomic mass is 9.86. The maximum atomic E-state index is 11.4. The Hall–Kier alpha value is -0.610. The molecule has 0 saturated carbocycles. The summed E-state index contributed by atoms with van der Waals surface area (Å²) in [6, 6.07) is 0.0660. The molecule has 1 heterocycles. The summed E-state index contributed by atoms with van der Waals surface area (Å²) in [5, 5.41) is 3.24. The molecule has 1 amide bonds. The normalized spacial score (nSPS) is 20.6. The van der Waals surface area contributed by atoms with Crippen molar-refractivity contribution < 1.29 is 4.79 Å². The van der Waals surface area contributed by atoms with Crippen molar-refractivity contribution in [1.82, 2.24) is 10.2 Å². The number of nitrogens with two attached hydrogens (primary N) is 1. The molecule has 1 atom stereocenters. The van der Waals surface area contributed by atoms with Crippen LogP contribution in [-0.2, 0) is 4.79 Å². The fraction of sp³-hybridized carbons (Fsp3) is 0.929. The zero-order valence-electron chi connectivity index (χ0n) is 12.3. The molecule has 1 rings (SSSR count). The van der Waals surface area contributed by atoms with Crippen LogP contribution in [0.3, 0.4) is 0 Å². The average molecular weight is 255 g/mol. The maximum Gasteiger partial charge on any atom is 0.235 e.